The first-order valence-electron chi connectivity index (χ1n) is 3.47. The Hall–Kier alpha value is -0.940. The van der Waals surface area contributed by atoms with Crippen molar-refractivity contribution in [1.29, 1.82) is 0 Å². The molecule has 0 aliphatic rings. The molecule has 0 aromatic carbocycles. The van der Waals surface area contributed by atoms with Gasteiger partial charge < -0.3 is 15.4 Å². The van der Waals surface area contributed by atoms with Crippen LogP contribution in [-0.4, -0.2) is 26.4 Å². The fourth-order valence-corrected chi connectivity index (χ4v) is 0.881. The van der Waals surface area contributed by atoms with E-state index in [4.69, 9.17) is 5.73 Å². The molecule has 1 rings (SSSR count). The molecule has 3 N–H and O–H groups in total. The molecule has 0 aliphatic heterocycles. The Morgan fingerprint density at radius 1 is 1.82 bits per heavy atom. The van der Waals surface area contributed by atoms with Crippen molar-refractivity contribution >= 4 is 0 Å². The number of aliphatic hydroxyl groups is 1. The molecule has 1 aromatic rings. The maximum absolute atomic E-state index is 9.39. The van der Waals surface area contributed by atoms with Crippen LogP contribution in [0.1, 0.15) is 18.3 Å². The molecule has 5 heteroatoms. The van der Waals surface area contributed by atoms with Crippen LogP contribution in [0.2, 0.25) is 0 Å². The van der Waals surface area contributed by atoms with Gasteiger partial charge in [-0.2, -0.15) is 0 Å². The molecule has 1 heterocycles. The molecule has 1 unspecified atom stereocenters. The molecule has 0 saturated carbocycles. The first-order valence-corrected chi connectivity index (χ1v) is 3.47. The van der Waals surface area contributed by atoms with Gasteiger partial charge in [-0.15, -0.1) is 10.2 Å². The highest BCUT2D eigenvalue weighted by atomic mass is 16.3. The lowest BCUT2D eigenvalue weighted by Gasteiger charge is -2.06. The Labute approximate surface area is 64.9 Å². The topological polar surface area (TPSA) is 77.0 Å². The summed E-state index contributed by atoms with van der Waals surface area (Å²) in [6.45, 7) is 0.452. The highest BCUT2D eigenvalue weighted by molar-refractivity contribution is 4.89. The fraction of sp³-hybridized carbons (Fsp3) is 0.667. The summed E-state index contributed by atoms with van der Waals surface area (Å²) in [5.74, 6) is 0.565. The zero-order chi connectivity index (χ0) is 8.27. The maximum Gasteiger partial charge on any atom is 0.161 e. The monoisotopic (exact) mass is 156 g/mol. The Balaban J connectivity index is 2.67. The van der Waals surface area contributed by atoms with Gasteiger partial charge in [0.15, 0.2) is 5.82 Å². The molecule has 11 heavy (non-hydrogen) atoms. The van der Waals surface area contributed by atoms with Crippen molar-refractivity contribution in [2.75, 3.05) is 6.54 Å². The minimum atomic E-state index is -0.590. The van der Waals surface area contributed by atoms with Crippen LogP contribution in [0.5, 0.6) is 0 Å². The van der Waals surface area contributed by atoms with E-state index in [2.05, 4.69) is 10.2 Å². The van der Waals surface area contributed by atoms with E-state index in [0.29, 0.717) is 18.8 Å². The number of aliphatic hydroxyl groups excluding tert-OH is 1. The van der Waals surface area contributed by atoms with Crippen molar-refractivity contribution < 1.29 is 5.11 Å². The van der Waals surface area contributed by atoms with E-state index in [-0.39, 0.29) is 0 Å². The highest BCUT2D eigenvalue weighted by Gasteiger charge is 2.11. The van der Waals surface area contributed by atoms with Crippen LogP contribution in [0.3, 0.4) is 0 Å². The molecule has 0 radical (unpaired) electrons. The van der Waals surface area contributed by atoms with Gasteiger partial charge in [-0.3, -0.25) is 0 Å². The molecule has 0 bridgehead atoms. The van der Waals surface area contributed by atoms with Crippen LogP contribution in [0.25, 0.3) is 0 Å². The zero-order valence-corrected chi connectivity index (χ0v) is 6.44. The summed E-state index contributed by atoms with van der Waals surface area (Å²) >= 11 is 0. The predicted molar refractivity (Wildman–Crippen MR) is 39.6 cm³/mol. The van der Waals surface area contributed by atoms with Crippen LogP contribution in [0.4, 0.5) is 0 Å². The number of nitrogens with two attached hydrogens (primary N) is 1. The van der Waals surface area contributed by atoms with E-state index >= 15 is 0 Å². The van der Waals surface area contributed by atoms with E-state index in [1.54, 1.807) is 17.9 Å². The average molecular weight is 156 g/mol. The average Bonchev–Trinajstić information content (AvgIpc) is 2.36. The standard InChI is InChI=1S/C6H12N4O/c1-10-4-8-9-6(10)5(11)2-3-7/h4-5,11H,2-3,7H2,1H3. The summed E-state index contributed by atoms with van der Waals surface area (Å²) in [6.07, 6.45) is 1.48. The molecule has 1 aromatic heterocycles. The van der Waals surface area contributed by atoms with Gasteiger partial charge in [0, 0.05) is 7.05 Å². The van der Waals surface area contributed by atoms with Crippen LogP contribution in [0.15, 0.2) is 6.33 Å². The van der Waals surface area contributed by atoms with Crippen molar-refractivity contribution in [3.63, 3.8) is 0 Å². The number of hydrogen-bond donors (Lipinski definition) is 2. The predicted octanol–water partition coefficient (Wildman–Crippen LogP) is -0.803. The van der Waals surface area contributed by atoms with Crippen LogP contribution in [0, 0.1) is 0 Å². The van der Waals surface area contributed by atoms with Gasteiger partial charge in [-0.25, -0.2) is 0 Å². The van der Waals surface area contributed by atoms with E-state index in [0.717, 1.165) is 0 Å². The quantitative estimate of drug-likeness (QED) is 0.600. The molecule has 0 saturated heterocycles. The number of rotatable bonds is 3. The van der Waals surface area contributed by atoms with Gasteiger partial charge in [0.25, 0.3) is 0 Å². The Morgan fingerprint density at radius 2 is 2.55 bits per heavy atom. The van der Waals surface area contributed by atoms with E-state index in [1.807, 2.05) is 0 Å². The fourth-order valence-electron chi connectivity index (χ4n) is 0.881. The molecule has 0 fully saturated rings. The van der Waals surface area contributed by atoms with Gasteiger partial charge in [0.05, 0.1) is 0 Å². The first-order chi connectivity index (χ1) is 5.25. The van der Waals surface area contributed by atoms with Crippen molar-refractivity contribution in [2.24, 2.45) is 12.8 Å². The lowest BCUT2D eigenvalue weighted by Crippen LogP contribution is -2.10. The minimum absolute atomic E-state index is 0.452. The molecule has 5 nitrogen and oxygen atoms in total. The van der Waals surface area contributed by atoms with Gasteiger partial charge in [0.2, 0.25) is 0 Å². The third-order valence-electron chi connectivity index (χ3n) is 1.48. The van der Waals surface area contributed by atoms with Gasteiger partial charge in [0.1, 0.15) is 12.4 Å². The van der Waals surface area contributed by atoms with Crippen molar-refractivity contribution in [3.05, 3.63) is 12.2 Å². The summed E-state index contributed by atoms with van der Waals surface area (Å²) in [7, 11) is 1.79. The molecular formula is C6H12N4O. The van der Waals surface area contributed by atoms with E-state index in [1.165, 1.54) is 0 Å². The largest absolute Gasteiger partial charge is 0.385 e. The Morgan fingerprint density at radius 3 is 3.00 bits per heavy atom. The molecular weight excluding hydrogens is 144 g/mol. The number of nitrogens with zero attached hydrogens (tertiary/aromatic N) is 3. The van der Waals surface area contributed by atoms with Crippen LogP contribution < -0.4 is 5.73 Å². The van der Waals surface area contributed by atoms with Crippen LogP contribution in [-0.2, 0) is 7.05 Å². The number of aromatic nitrogens is 3. The summed E-state index contributed by atoms with van der Waals surface area (Å²) in [5.41, 5.74) is 5.27. The summed E-state index contributed by atoms with van der Waals surface area (Å²) in [4.78, 5) is 0. The Kier molecular flexibility index (Phi) is 2.56. The summed E-state index contributed by atoms with van der Waals surface area (Å²) in [5, 5.41) is 16.8. The van der Waals surface area contributed by atoms with Gasteiger partial charge in [-0.05, 0) is 13.0 Å². The first kappa shape index (κ1) is 8.16. The molecule has 0 spiro atoms. The molecule has 1 atom stereocenters. The number of aryl methyl sites for hydroxylation is 1. The third kappa shape index (κ3) is 1.75. The maximum atomic E-state index is 9.39. The van der Waals surface area contributed by atoms with Gasteiger partial charge in [-0.1, -0.05) is 0 Å². The zero-order valence-electron chi connectivity index (χ0n) is 6.44. The van der Waals surface area contributed by atoms with Crippen molar-refractivity contribution in [2.45, 2.75) is 12.5 Å². The second kappa shape index (κ2) is 3.45. The second-order valence-corrected chi connectivity index (χ2v) is 2.39. The highest BCUT2D eigenvalue weighted by Crippen LogP contribution is 2.10. The van der Waals surface area contributed by atoms with Crippen molar-refractivity contribution in [1.82, 2.24) is 14.8 Å². The lowest BCUT2D eigenvalue weighted by atomic mass is 10.2. The third-order valence-corrected chi connectivity index (χ3v) is 1.48. The molecule has 62 valence electrons. The van der Waals surface area contributed by atoms with E-state index < -0.39 is 6.10 Å². The second-order valence-electron chi connectivity index (χ2n) is 2.39. The minimum Gasteiger partial charge on any atom is -0.385 e. The molecule has 0 aliphatic carbocycles. The summed E-state index contributed by atoms with van der Waals surface area (Å²) in [6, 6.07) is 0. The van der Waals surface area contributed by atoms with Crippen LogP contribution >= 0.6 is 0 Å². The smallest absolute Gasteiger partial charge is 0.161 e. The normalized spacial score (nSPS) is 13.4. The van der Waals surface area contributed by atoms with Gasteiger partial charge >= 0.3 is 0 Å². The SMILES string of the molecule is Cn1cnnc1C(O)CCN. The Bertz CT molecular complexity index is 222. The van der Waals surface area contributed by atoms with E-state index in [9.17, 15) is 5.11 Å². The summed E-state index contributed by atoms with van der Waals surface area (Å²) < 4.78 is 1.68. The lowest BCUT2D eigenvalue weighted by molar-refractivity contribution is 0.156. The number of hydrogen-bond acceptors (Lipinski definition) is 4. The van der Waals surface area contributed by atoms with Crippen molar-refractivity contribution in [3.8, 4) is 0 Å². The molecule has 0 amide bonds.